The van der Waals surface area contributed by atoms with Crippen LogP contribution in [0.2, 0.25) is 0 Å². The average molecular weight is 472 g/mol. The summed E-state index contributed by atoms with van der Waals surface area (Å²) >= 11 is 1.26. The number of hydrogen-bond donors (Lipinski definition) is 2. The standard InChI is InChI=1S/C27H25N3O3S/c1-16-6-3-4-7-20(16)25-21(14-28)27(30-22-8-5-9-23(32)26(22)25)34-15-24(33)29-19-12-10-18(11-13-19)17(2)31/h3-4,6-7,10-13,25,30H,5,8-9,15H2,1-2H3,(H,29,33)/t25-/m1/s1. The molecule has 0 saturated carbocycles. The third-order valence-corrected chi connectivity index (χ3v) is 7.10. The molecule has 7 heteroatoms. The molecule has 0 bridgehead atoms. The van der Waals surface area contributed by atoms with Crippen LogP contribution in [0.1, 0.15) is 53.6 Å². The van der Waals surface area contributed by atoms with Crippen molar-refractivity contribution in [2.75, 3.05) is 11.1 Å². The minimum absolute atomic E-state index is 0.0362. The van der Waals surface area contributed by atoms with Crippen LogP contribution in [0, 0.1) is 18.3 Å². The van der Waals surface area contributed by atoms with Crippen molar-refractivity contribution in [1.82, 2.24) is 5.32 Å². The third-order valence-electron chi connectivity index (χ3n) is 6.09. The van der Waals surface area contributed by atoms with Gasteiger partial charge in [0.05, 0.1) is 28.3 Å². The number of nitrogens with one attached hydrogen (secondary N) is 2. The fourth-order valence-electron chi connectivity index (χ4n) is 4.38. The Morgan fingerprint density at radius 3 is 2.56 bits per heavy atom. The van der Waals surface area contributed by atoms with Crippen molar-refractivity contribution in [3.8, 4) is 6.07 Å². The highest BCUT2D eigenvalue weighted by molar-refractivity contribution is 8.03. The Kier molecular flexibility index (Phi) is 6.99. The van der Waals surface area contributed by atoms with Gasteiger partial charge in [0.25, 0.3) is 0 Å². The van der Waals surface area contributed by atoms with Crippen molar-refractivity contribution in [2.24, 2.45) is 0 Å². The van der Waals surface area contributed by atoms with E-state index in [4.69, 9.17) is 0 Å². The molecule has 2 N–H and O–H groups in total. The zero-order chi connectivity index (χ0) is 24.2. The van der Waals surface area contributed by atoms with Crippen LogP contribution in [0.5, 0.6) is 0 Å². The second-order valence-electron chi connectivity index (χ2n) is 8.41. The van der Waals surface area contributed by atoms with E-state index in [0.29, 0.717) is 33.8 Å². The van der Waals surface area contributed by atoms with Gasteiger partial charge in [-0.25, -0.2) is 0 Å². The molecular formula is C27H25N3O3S. The first-order valence-electron chi connectivity index (χ1n) is 11.2. The van der Waals surface area contributed by atoms with Crippen LogP contribution >= 0.6 is 11.8 Å². The number of hydrogen-bond acceptors (Lipinski definition) is 6. The summed E-state index contributed by atoms with van der Waals surface area (Å²) < 4.78 is 0. The zero-order valence-corrected chi connectivity index (χ0v) is 19.9. The van der Waals surface area contributed by atoms with Gasteiger partial charge in [0, 0.05) is 28.9 Å². The summed E-state index contributed by atoms with van der Waals surface area (Å²) in [6.07, 6.45) is 1.98. The van der Waals surface area contributed by atoms with Crippen molar-refractivity contribution >= 4 is 34.9 Å². The molecular weight excluding hydrogens is 446 g/mol. The minimum atomic E-state index is -0.431. The molecule has 2 aliphatic rings. The molecule has 0 saturated heterocycles. The number of benzene rings is 2. The first kappa shape index (κ1) is 23.5. The molecule has 0 radical (unpaired) electrons. The summed E-state index contributed by atoms with van der Waals surface area (Å²) in [6.45, 7) is 3.48. The molecule has 0 fully saturated rings. The molecule has 6 nitrogen and oxygen atoms in total. The zero-order valence-electron chi connectivity index (χ0n) is 19.1. The summed E-state index contributed by atoms with van der Waals surface area (Å²) in [6, 6.07) is 16.9. The number of aryl methyl sites for hydroxylation is 1. The fourth-order valence-corrected chi connectivity index (χ4v) is 5.24. The number of nitrogens with zero attached hydrogens (tertiary/aromatic N) is 1. The SMILES string of the molecule is CC(=O)c1ccc(NC(=O)CSC2=C(C#N)[C@@H](c3ccccc3C)C3=C(CCCC3=O)N2)cc1. The highest BCUT2D eigenvalue weighted by atomic mass is 32.2. The third kappa shape index (κ3) is 4.82. The summed E-state index contributed by atoms with van der Waals surface area (Å²) in [4.78, 5) is 36.9. The summed E-state index contributed by atoms with van der Waals surface area (Å²) in [7, 11) is 0. The van der Waals surface area contributed by atoms with E-state index in [1.54, 1.807) is 24.3 Å². The van der Waals surface area contributed by atoms with Crippen LogP contribution in [0.4, 0.5) is 5.69 Å². The maximum absolute atomic E-state index is 12.9. The molecule has 172 valence electrons. The number of anilines is 1. The monoisotopic (exact) mass is 471 g/mol. The number of nitriles is 1. The van der Waals surface area contributed by atoms with Gasteiger partial charge in [0.15, 0.2) is 11.6 Å². The number of dihydropyridines is 1. The number of carbonyl (C=O) groups is 3. The van der Waals surface area contributed by atoms with Gasteiger partial charge in [-0.05, 0) is 62.1 Å². The molecule has 34 heavy (non-hydrogen) atoms. The highest BCUT2D eigenvalue weighted by Crippen LogP contribution is 2.44. The lowest BCUT2D eigenvalue weighted by molar-refractivity contribution is -0.116. The number of thioether (sulfide) groups is 1. The molecule has 1 aliphatic carbocycles. The summed E-state index contributed by atoms with van der Waals surface area (Å²) in [5.74, 6) is -0.519. The largest absolute Gasteiger partial charge is 0.352 e. The maximum atomic E-state index is 12.9. The van der Waals surface area contributed by atoms with E-state index in [2.05, 4.69) is 16.7 Å². The van der Waals surface area contributed by atoms with E-state index in [0.717, 1.165) is 29.7 Å². The average Bonchev–Trinajstić information content (AvgIpc) is 2.82. The number of Topliss-reactive ketones (excluding diaryl/α,β-unsaturated/α-hetero) is 2. The molecule has 1 heterocycles. The second-order valence-corrected chi connectivity index (χ2v) is 9.39. The quantitative estimate of drug-likeness (QED) is 0.576. The molecule has 0 unspecified atom stereocenters. The predicted molar refractivity (Wildman–Crippen MR) is 133 cm³/mol. The molecule has 2 aromatic carbocycles. The Morgan fingerprint density at radius 1 is 1.15 bits per heavy atom. The van der Waals surface area contributed by atoms with Gasteiger partial charge in [-0.3, -0.25) is 14.4 Å². The lowest BCUT2D eigenvalue weighted by Gasteiger charge is -2.33. The Morgan fingerprint density at radius 2 is 1.88 bits per heavy atom. The second kappa shape index (κ2) is 10.1. The van der Waals surface area contributed by atoms with E-state index in [1.807, 2.05) is 31.2 Å². The van der Waals surface area contributed by atoms with Gasteiger partial charge in [-0.1, -0.05) is 36.0 Å². The molecule has 0 spiro atoms. The van der Waals surface area contributed by atoms with E-state index < -0.39 is 5.92 Å². The first-order chi connectivity index (χ1) is 16.4. The van der Waals surface area contributed by atoms with Crippen molar-refractivity contribution in [1.29, 1.82) is 5.26 Å². The maximum Gasteiger partial charge on any atom is 0.234 e. The number of ketones is 2. The van der Waals surface area contributed by atoms with Crippen molar-refractivity contribution in [3.05, 3.63) is 87.1 Å². The van der Waals surface area contributed by atoms with Crippen molar-refractivity contribution < 1.29 is 14.4 Å². The highest BCUT2D eigenvalue weighted by Gasteiger charge is 2.37. The van der Waals surface area contributed by atoms with Gasteiger partial charge < -0.3 is 10.6 Å². The van der Waals surface area contributed by atoms with Crippen LogP contribution in [0.25, 0.3) is 0 Å². The number of carbonyl (C=O) groups excluding carboxylic acids is 3. The van der Waals surface area contributed by atoms with E-state index >= 15 is 0 Å². The summed E-state index contributed by atoms with van der Waals surface area (Å²) in [5, 5.41) is 16.9. The topological polar surface area (TPSA) is 99.1 Å². The van der Waals surface area contributed by atoms with E-state index in [9.17, 15) is 19.6 Å². The minimum Gasteiger partial charge on any atom is -0.352 e. The molecule has 2 aromatic rings. The van der Waals surface area contributed by atoms with Gasteiger partial charge in [0.2, 0.25) is 5.91 Å². The summed E-state index contributed by atoms with van der Waals surface area (Å²) in [5.41, 5.74) is 5.13. The van der Waals surface area contributed by atoms with Crippen LogP contribution in [0.15, 0.2) is 70.4 Å². The van der Waals surface area contributed by atoms with Crippen LogP contribution in [-0.4, -0.2) is 23.2 Å². The lowest BCUT2D eigenvalue weighted by Crippen LogP contribution is -2.32. The molecule has 0 aromatic heterocycles. The Bertz CT molecular complexity index is 1270. The molecule has 1 atom stereocenters. The predicted octanol–water partition coefficient (Wildman–Crippen LogP) is 5.00. The molecule has 4 rings (SSSR count). The Labute approximate surface area is 203 Å². The van der Waals surface area contributed by atoms with E-state index in [1.165, 1.54) is 18.7 Å². The van der Waals surface area contributed by atoms with Gasteiger partial charge in [-0.15, -0.1) is 0 Å². The fraction of sp³-hybridized carbons (Fsp3) is 0.259. The van der Waals surface area contributed by atoms with Gasteiger partial charge in [0.1, 0.15) is 0 Å². The Hall–Kier alpha value is -3.63. The van der Waals surface area contributed by atoms with Gasteiger partial charge >= 0.3 is 0 Å². The van der Waals surface area contributed by atoms with Crippen LogP contribution in [0.3, 0.4) is 0 Å². The number of allylic oxidation sites excluding steroid dienone is 3. The van der Waals surface area contributed by atoms with Crippen molar-refractivity contribution in [2.45, 2.75) is 39.0 Å². The molecule has 1 aliphatic heterocycles. The smallest absolute Gasteiger partial charge is 0.234 e. The molecule has 1 amide bonds. The number of rotatable bonds is 6. The van der Waals surface area contributed by atoms with Gasteiger partial charge in [-0.2, -0.15) is 5.26 Å². The normalized spacial score (nSPS) is 17.6. The van der Waals surface area contributed by atoms with E-state index in [-0.39, 0.29) is 23.2 Å². The lowest BCUT2D eigenvalue weighted by atomic mass is 9.76. The van der Waals surface area contributed by atoms with Crippen molar-refractivity contribution in [3.63, 3.8) is 0 Å². The number of amides is 1. The van der Waals surface area contributed by atoms with Crippen LogP contribution < -0.4 is 10.6 Å². The van der Waals surface area contributed by atoms with Crippen LogP contribution in [-0.2, 0) is 9.59 Å². The Balaban J connectivity index is 1.58. The first-order valence-corrected chi connectivity index (χ1v) is 12.1.